The highest BCUT2D eigenvalue weighted by molar-refractivity contribution is 7.92. The van der Waals surface area contributed by atoms with Crippen molar-refractivity contribution < 1.29 is 22.7 Å². The molecule has 0 unspecified atom stereocenters. The molecule has 0 aliphatic carbocycles. The van der Waals surface area contributed by atoms with E-state index in [-0.39, 0.29) is 23.4 Å². The third-order valence-corrected chi connectivity index (χ3v) is 8.77. The zero-order chi connectivity index (χ0) is 29.4. The van der Waals surface area contributed by atoms with E-state index in [0.717, 1.165) is 16.3 Å². The van der Waals surface area contributed by atoms with Gasteiger partial charge < -0.3 is 15.0 Å². The van der Waals surface area contributed by atoms with E-state index in [4.69, 9.17) is 16.3 Å². The first kappa shape index (κ1) is 31.0. The average Bonchev–Trinajstić information content (AvgIpc) is 2.95. The van der Waals surface area contributed by atoms with E-state index in [9.17, 15) is 18.0 Å². The Hall–Kier alpha value is -3.56. The van der Waals surface area contributed by atoms with Crippen LogP contribution in [0, 0.1) is 6.92 Å². The van der Waals surface area contributed by atoms with Gasteiger partial charge in [0.1, 0.15) is 18.3 Å². The van der Waals surface area contributed by atoms with Gasteiger partial charge >= 0.3 is 0 Å². The van der Waals surface area contributed by atoms with Crippen LogP contribution >= 0.6 is 11.6 Å². The van der Waals surface area contributed by atoms with Crippen molar-refractivity contribution in [1.29, 1.82) is 0 Å². The number of rotatable bonds is 12. The van der Waals surface area contributed by atoms with Gasteiger partial charge in [-0.25, -0.2) is 8.42 Å². The molecule has 0 saturated heterocycles. The molecule has 2 amide bonds. The molecule has 0 aromatic heterocycles. The molecule has 10 heteroatoms. The molecule has 0 saturated carbocycles. The number of ether oxygens (including phenoxy) is 1. The molecular formula is C30H36ClN3O5S. The van der Waals surface area contributed by atoms with Gasteiger partial charge in [-0.3, -0.25) is 13.9 Å². The van der Waals surface area contributed by atoms with Gasteiger partial charge in [-0.2, -0.15) is 0 Å². The van der Waals surface area contributed by atoms with Crippen molar-refractivity contribution in [2.24, 2.45) is 0 Å². The summed E-state index contributed by atoms with van der Waals surface area (Å²) in [4.78, 5) is 28.5. The van der Waals surface area contributed by atoms with E-state index >= 15 is 0 Å². The van der Waals surface area contributed by atoms with Crippen molar-refractivity contribution in [3.05, 3.63) is 88.9 Å². The lowest BCUT2D eigenvalue weighted by atomic mass is 10.1. The number of benzene rings is 3. The van der Waals surface area contributed by atoms with Crippen LogP contribution in [0.4, 0.5) is 5.69 Å². The van der Waals surface area contributed by atoms with E-state index < -0.39 is 28.5 Å². The number of halogens is 1. The highest BCUT2D eigenvalue weighted by Gasteiger charge is 2.33. The number of methoxy groups -OCH3 is 1. The minimum Gasteiger partial charge on any atom is -0.497 e. The number of hydrogen-bond acceptors (Lipinski definition) is 5. The Morgan fingerprint density at radius 1 is 0.975 bits per heavy atom. The number of hydrogen-bond donors (Lipinski definition) is 1. The average molecular weight is 586 g/mol. The number of sulfonamides is 1. The van der Waals surface area contributed by atoms with Crippen LogP contribution in [0.15, 0.2) is 77.7 Å². The molecule has 8 nitrogen and oxygen atoms in total. The molecule has 0 aliphatic heterocycles. The quantitative estimate of drug-likeness (QED) is 0.316. The zero-order valence-corrected chi connectivity index (χ0v) is 25.0. The van der Waals surface area contributed by atoms with Crippen molar-refractivity contribution >= 4 is 39.1 Å². The number of nitrogens with one attached hydrogen (secondary N) is 1. The summed E-state index contributed by atoms with van der Waals surface area (Å²) in [6.07, 6.45) is 0.727. The first-order valence-corrected chi connectivity index (χ1v) is 14.9. The topological polar surface area (TPSA) is 96.0 Å². The van der Waals surface area contributed by atoms with Gasteiger partial charge in [0.25, 0.3) is 10.0 Å². The summed E-state index contributed by atoms with van der Waals surface area (Å²) >= 11 is 6.00. The van der Waals surface area contributed by atoms with E-state index in [1.165, 1.54) is 29.2 Å². The summed E-state index contributed by atoms with van der Waals surface area (Å²) in [6, 6.07) is 19.0. The smallest absolute Gasteiger partial charge is 0.264 e. The molecule has 0 radical (unpaired) electrons. The lowest BCUT2D eigenvalue weighted by molar-refractivity contribution is -0.139. The summed E-state index contributed by atoms with van der Waals surface area (Å²) in [5, 5.41) is 3.32. The molecule has 1 N–H and O–H groups in total. The second-order valence-electron chi connectivity index (χ2n) is 9.62. The number of nitrogens with zero attached hydrogens (tertiary/aromatic N) is 2. The van der Waals surface area contributed by atoms with Gasteiger partial charge in [0.05, 0.1) is 17.7 Å². The van der Waals surface area contributed by atoms with Crippen LogP contribution < -0.4 is 14.4 Å². The van der Waals surface area contributed by atoms with Crippen molar-refractivity contribution in [2.45, 2.75) is 57.6 Å². The molecule has 40 heavy (non-hydrogen) atoms. The number of para-hydroxylation sites is 1. The largest absolute Gasteiger partial charge is 0.497 e. The number of anilines is 1. The molecule has 3 rings (SSSR count). The van der Waals surface area contributed by atoms with Crippen LogP contribution in [0.2, 0.25) is 5.02 Å². The van der Waals surface area contributed by atoms with Gasteiger partial charge in [-0.1, -0.05) is 48.9 Å². The minimum atomic E-state index is -4.16. The SMILES string of the molecule is CC[C@@H](C)NC(=O)[C@@H](C)N(Cc1ccc(OC)cc1)C(=O)CN(c1ccccc1C)S(=O)(=O)c1ccc(Cl)cc1. The highest BCUT2D eigenvalue weighted by Crippen LogP contribution is 2.28. The Morgan fingerprint density at radius 3 is 2.17 bits per heavy atom. The summed E-state index contributed by atoms with van der Waals surface area (Å²) in [5.41, 5.74) is 1.81. The molecule has 3 aromatic carbocycles. The Kier molecular flexibility index (Phi) is 10.6. The van der Waals surface area contributed by atoms with E-state index in [0.29, 0.717) is 22.0 Å². The predicted octanol–water partition coefficient (Wildman–Crippen LogP) is 5.18. The van der Waals surface area contributed by atoms with Crippen molar-refractivity contribution in [1.82, 2.24) is 10.2 Å². The molecule has 214 valence electrons. The van der Waals surface area contributed by atoms with Crippen LogP contribution in [0.25, 0.3) is 0 Å². The summed E-state index contributed by atoms with van der Waals surface area (Å²) in [7, 11) is -2.60. The fourth-order valence-electron chi connectivity index (χ4n) is 4.07. The van der Waals surface area contributed by atoms with Gasteiger partial charge in [0.15, 0.2) is 0 Å². The fraction of sp³-hybridized carbons (Fsp3) is 0.333. The van der Waals surface area contributed by atoms with Crippen LogP contribution in [0.5, 0.6) is 5.75 Å². The number of carbonyl (C=O) groups excluding carboxylic acids is 2. The Morgan fingerprint density at radius 2 is 1.60 bits per heavy atom. The maximum Gasteiger partial charge on any atom is 0.264 e. The van der Waals surface area contributed by atoms with E-state index in [1.54, 1.807) is 57.4 Å². The third kappa shape index (κ3) is 7.55. The zero-order valence-electron chi connectivity index (χ0n) is 23.4. The molecule has 0 aliphatic rings. The van der Waals surface area contributed by atoms with Crippen molar-refractivity contribution in [2.75, 3.05) is 18.0 Å². The molecule has 2 atom stereocenters. The second-order valence-corrected chi connectivity index (χ2v) is 11.9. The maximum absolute atomic E-state index is 14.0. The Balaban J connectivity index is 2.03. The maximum atomic E-state index is 14.0. The first-order valence-electron chi connectivity index (χ1n) is 13.0. The lowest BCUT2D eigenvalue weighted by Crippen LogP contribution is -2.52. The normalized spacial score (nSPS) is 12.8. The summed E-state index contributed by atoms with van der Waals surface area (Å²) in [6.45, 7) is 6.86. The molecule has 3 aromatic rings. The second kappa shape index (κ2) is 13.7. The van der Waals surface area contributed by atoms with Crippen molar-refractivity contribution in [3.8, 4) is 5.75 Å². The minimum absolute atomic E-state index is 0.00257. The van der Waals surface area contributed by atoms with Crippen molar-refractivity contribution in [3.63, 3.8) is 0 Å². The van der Waals surface area contributed by atoms with Gasteiger partial charge in [0, 0.05) is 17.6 Å². The molecule has 0 heterocycles. The van der Waals surface area contributed by atoms with Crippen LogP contribution in [-0.4, -0.2) is 50.9 Å². The highest BCUT2D eigenvalue weighted by atomic mass is 35.5. The standard InChI is InChI=1S/C30H36ClN3O5S/c1-6-22(3)32-30(36)23(4)33(19-24-11-15-26(39-5)16-12-24)29(35)20-34(28-10-8-7-9-21(28)2)40(37,38)27-17-13-25(31)14-18-27/h7-18,22-23H,6,19-20H2,1-5H3,(H,32,36)/t22-,23-/m1/s1. The number of aryl methyl sites for hydroxylation is 1. The number of carbonyl (C=O) groups is 2. The molecule has 0 spiro atoms. The summed E-state index contributed by atoms with van der Waals surface area (Å²) in [5.74, 6) is -0.188. The molecule has 0 bridgehead atoms. The summed E-state index contributed by atoms with van der Waals surface area (Å²) < 4.78 is 34.1. The van der Waals surface area contributed by atoms with Crippen LogP contribution in [0.1, 0.15) is 38.3 Å². The van der Waals surface area contributed by atoms with Crippen LogP contribution in [0.3, 0.4) is 0 Å². The van der Waals surface area contributed by atoms with E-state index in [2.05, 4.69) is 5.32 Å². The van der Waals surface area contributed by atoms with Gasteiger partial charge in [-0.05, 0) is 80.8 Å². The Bertz CT molecular complexity index is 1410. The lowest BCUT2D eigenvalue weighted by Gasteiger charge is -2.33. The predicted molar refractivity (Wildman–Crippen MR) is 158 cm³/mol. The van der Waals surface area contributed by atoms with Crippen LogP contribution in [-0.2, 0) is 26.2 Å². The number of amides is 2. The fourth-order valence-corrected chi connectivity index (χ4v) is 5.67. The first-order chi connectivity index (χ1) is 19.0. The Labute approximate surface area is 241 Å². The monoisotopic (exact) mass is 585 g/mol. The van der Waals surface area contributed by atoms with Gasteiger partial charge in [0.2, 0.25) is 11.8 Å². The van der Waals surface area contributed by atoms with Gasteiger partial charge in [-0.15, -0.1) is 0 Å². The molecule has 0 fully saturated rings. The molecular weight excluding hydrogens is 550 g/mol. The third-order valence-electron chi connectivity index (χ3n) is 6.74. The van der Waals surface area contributed by atoms with E-state index in [1.807, 2.05) is 26.0 Å².